The minimum atomic E-state index is -0.983. The van der Waals surface area contributed by atoms with E-state index in [1.807, 2.05) is 29.2 Å². The lowest BCUT2D eigenvalue weighted by Crippen LogP contribution is -2.54. The van der Waals surface area contributed by atoms with Gasteiger partial charge >= 0.3 is 0 Å². The fourth-order valence-electron chi connectivity index (χ4n) is 8.49. The van der Waals surface area contributed by atoms with Gasteiger partial charge in [-0.05, 0) is 99.0 Å². The number of nitrogens with one attached hydrogen (secondary N) is 2. The minimum Gasteiger partial charge on any atom is -0.353 e. The van der Waals surface area contributed by atoms with Crippen molar-refractivity contribution in [2.75, 3.05) is 57.3 Å². The molecule has 3 fully saturated rings. The summed E-state index contributed by atoms with van der Waals surface area (Å²) < 4.78 is 0. The van der Waals surface area contributed by atoms with Gasteiger partial charge in [0.15, 0.2) is 11.5 Å². The van der Waals surface area contributed by atoms with E-state index in [0.29, 0.717) is 23.7 Å². The number of aromatic nitrogens is 3. The first-order chi connectivity index (χ1) is 30.2. The second-order valence-electron chi connectivity index (χ2n) is 16.4. The number of unbranched alkanes of at least 4 members (excludes halogenated alkanes) is 5. The topological polar surface area (TPSA) is 178 Å². The molecule has 2 aromatic heterocycles. The normalized spacial score (nSPS) is 18.5. The highest BCUT2D eigenvalue weighted by atomic mass is 16.2. The second-order valence-corrected chi connectivity index (χ2v) is 16.4. The van der Waals surface area contributed by atoms with Gasteiger partial charge in [0, 0.05) is 82.7 Å². The number of hydrogen-bond acceptors (Lipinski definition) is 11. The number of pyridine rings is 1. The van der Waals surface area contributed by atoms with Gasteiger partial charge in [-0.15, -0.1) is 10.2 Å². The van der Waals surface area contributed by atoms with Crippen molar-refractivity contribution in [1.82, 2.24) is 40.5 Å². The van der Waals surface area contributed by atoms with E-state index >= 15 is 0 Å². The molecule has 0 saturated carbocycles. The fourth-order valence-corrected chi connectivity index (χ4v) is 8.49. The number of piperidine rings is 2. The van der Waals surface area contributed by atoms with Crippen molar-refractivity contribution >= 4 is 47.3 Å². The van der Waals surface area contributed by atoms with Crippen LogP contribution in [-0.4, -0.2) is 124 Å². The maximum absolute atomic E-state index is 13.2. The summed E-state index contributed by atoms with van der Waals surface area (Å²) >= 11 is 0. The Bertz CT molecular complexity index is 2190. The van der Waals surface area contributed by atoms with Crippen LogP contribution in [0.5, 0.6) is 0 Å². The molecule has 6 heterocycles. The smallest absolute Gasteiger partial charge is 0.274 e. The van der Waals surface area contributed by atoms with E-state index in [1.54, 1.807) is 42.7 Å². The zero-order chi connectivity index (χ0) is 43.3. The van der Waals surface area contributed by atoms with E-state index in [0.717, 1.165) is 126 Å². The zero-order valence-corrected chi connectivity index (χ0v) is 35.2. The number of anilines is 1. The van der Waals surface area contributed by atoms with Crippen molar-refractivity contribution in [2.45, 2.75) is 83.1 Å². The van der Waals surface area contributed by atoms with Crippen LogP contribution < -0.4 is 15.5 Å². The molecule has 0 bridgehead atoms. The van der Waals surface area contributed by atoms with Crippen LogP contribution in [0.15, 0.2) is 60.9 Å². The predicted octanol–water partition coefficient (Wildman–Crippen LogP) is 4.25. The molecule has 62 heavy (non-hydrogen) atoms. The minimum absolute atomic E-state index is 0.0569. The summed E-state index contributed by atoms with van der Waals surface area (Å²) in [5.74, 6) is 5.46. The molecule has 3 aromatic rings. The van der Waals surface area contributed by atoms with Crippen LogP contribution in [0, 0.1) is 17.8 Å². The van der Waals surface area contributed by atoms with Gasteiger partial charge in [0.1, 0.15) is 6.04 Å². The molecule has 1 atom stereocenters. The molecule has 4 aliphatic rings. The van der Waals surface area contributed by atoms with Gasteiger partial charge in [-0.1, -0.05) is 43.6 Å². The van der Waals surface area contributed by atoms with Gasteiger partial charge in [-0.25, -0.2) is 0 Å². The number of amides is 6. The third-order valence-corrected chi connectivity index (χ3v) is 12.1. The fraction of sp³-hybridized carbons (Fsp3) is 0.468. The molecule has 1 unspecified atom stereocenters. The molecule has 2 N–H and O–H groups in total. The summed E-state index contributed by atoms with van der Waals surface area (Å²) in [4.78, 5) is 86.8. The lowest BCUT2D eigenvalue weighted by Gasteiger charge is -2.35. The van der Waals surface area contributed by atoms with E-state index in [2.05, 4.69) is 47.5 Å². The van der Waals surface area contributed by atoms with Crippen LogP contribution in [-0.2, 0) is 14.4 Å². The summed E-state index contributed by atoms with van der Waals surface area (Å²) in [6.45, 7) is 6.74. The third kappa shape index (κ3) is 11.6. The van der Waals surface area contributed by atoms with E-state index in [4.69, 9.17) is 0 Å². The number of hydrogen-bond donors (Lipinski definition) is 2. The molecule has 0 radical (unpaired) electrons. The molecular formula is C47H55N9O6. The van der Waals surface area contributed by atoms with Gasteiger partial charge in [0.05, 0.1) is 11.1 Å². The first kappa shape index (κ1) is 43.8. The Morgan fingerprint density at radius 2 is 1.65 bits per heavy atom. The van der Waals surface area contributed by atoms with Gasteiger partial charge in [-0.3, -0.25) is 48.9 Å². The number of carbonyl (C=O) groups excluding carboxylic acids is 6. The molecule has 15 heteroatoms. The van der Waals surface area contributed by atoms with Crippen molar-refractivity contribution in [3.63, 3.8) is 0 Å². The highest BCUT2D eigenvalue weighted by Gasteiger charge is 2.44. The van der Waals surface area contributed by atoms with Crippen LogP contribution in [0.2, 0.25) is 0 Å². The van der Waals surface area contributed by atoms with Crippen molar-refractivity contribution in [3.8, 4) is 11.8 Å². The van der Waals surface area contributed by atoms with Crippen LogP contribution in [0.3, 0.4) is 0 Å². The molecule has 7 rings (SSSR count). The quantitative estimate of drug-likeness (QED) is 0.0913. The number of rotatable bonds is 16. The zero-order valence-electron chi connectivity index (χ0n) is 35.2. The van der Waals surface area contributed by atoms with Crippen LogP contribution in [0.25, 0.3) is 6.08 Å². The number of benzene rings is 1. The molecule has 0 spiro atoms. The maximum atomic E-state index is 13.2. The second kappa shape index (κ2) is 21.5. The van der Waals surface area contributed by atoms with Gasteiger partial charge in [-0.2, -0.15) is 0 Å². The average molecular weight is 842 g/mol. The number of piperazine rings is 1. The Kier molecular flexibility index (Phi) is 15.2. The van der Waals surface area contributed by atoms with E-state index in [1.165, 1.54) is 0 Å². The summed E-state index contributed by atoms with van der Waals surface area (Å²) in [6.07, 6.45) is 16.9. The van der Waals surface area contributed by atoms with Crippen LogP contribution >= 0.6 is 0 Å². The maximum Gasteiger partial charge on any atom is 0.274 e. The first-order valence-corrected chi connectivity index (χ1v) is 22.0. The lowest BCUT2D eigenvalue weighted by molar-refractivity contribution is -0.136. The molecule has 15 nitrogen and oxygen atoms in total. The first-order valence-electron chi connectivity index (χ1n) is 22.0. The monoisotopic (exact) mass is 841 g/mol. The summed E-state index contributed by atoms with van der Waals surface area (Å²) in [7, 11) is 0. The molecule has 1 aromatic carbocycles. The Labute approximate surface area is 362 Å². The SMILES string of the molecule is O=C(/C=C/c1cccnc1)NCCCCC1CCN(C(=O)c2ccc(N3CCN(CCCCCCC#Cc4ccc5c(c4)C(=O)N(C4CCC(=O)NC4=O)C5=O)CC3)nn2)CC1. The largest absolute Gasteiger partial charge is 0.353 e. The number of imide groups is 2. The van der Waals surface area contributed by atoms with Crippen molar-refractivity contribution in [3.05, 3.63) is 88.9 Å². The van der Waals surface area contributed by atoms with E-state index in [9.17, 15) is 28.8 Å². The van der Waals surface area contributed by atoms with Gasteiger partial charge < -0.3 is 15.1 Å². The molecule has 3 saturated heterocycles. The average Bonchev–Trinajstić information content (AvgIpc) is 3.54. The predicted molar refractivity (Wildman–Crippen MR) is 233 cm³/mol. The van der Waals surface area contributed by atoms with Crippen LogP contribution in [0.1, 0.15) is 119 Å². The number of likely N-dealkylation sites (tertiary alicyclic amines) is 1. The summed E-state index contributed by atoms with van der Waals surface area (Å²) in [5, 5.41) is 13.9. The number of nitrogens with zero attached hydrogens (tertiary/aromatic N) is 7. The van der Waals surface area contributed by atoms with E-state index < -0.39 is 29.7 Å². The Morgan fingerprint density at radius 1 is 0.839 bits per heavy atom. The lowest BCUT2D eigenvalue weighted by atomic mass is 9.91. The molecule has 0 aliphatic carbocycles. The Balaban J connectivity index is 0.725. The number of fused-ring (bicyclic) bond motifs is 1. The molecule has 4 aliphatic heterocycles. The van der Waals surface area contributed by atoms with Gasteiger partial charge in [0.2, 0.25) is 17.7 Å². The highest BCUT2D eigenvalue weighted by Crippen LogP contribution is 2.28. The molecule has 324 valence electrons. The Hall–Kier alpha value is -6.27. The highest BCUT2D eigenvalue weighted by molar-refractivity contribution is 6.23. The van der Waals surface area contributed by atoms with Gasteiger partial charge in [0.25, 0.3) is 17.7 Å². The molecule has 6 amide bonds. The third-order valence-electron chi connectivity index (χ3n) is 12.1. The van der Waals surface area contributed by atoms with Crippen LogP contribution in [0.4, 0.5) is 5.82 Å². The van der Waals surface area contributed by atoms with Crippen molar-refractivity contribution in [2.24, 2.45) is 5.92 Å². The van der Waals surface area contributed by atoms with E-state index in [-0.39, 0.29) is 35.8 Å². The van der Waals surface area contributed by atoms with Crippen molar-refractivity contribution in [1.29, 1.82) is 0 Å². The number of carbonyl (C=O) groups is 6. The summed E-state index contributed by atoms with van der Waals surface area (Å²) in [5.41, 5.74) is 2.42. The molecular weight excluding hydrogens is 787 g/mol. The summed E-state index contributed by atoms with van der Waals surface area (Å²) in [6, 6.07) is 11.4. The van der Waals surface area contributed by atoms with Crippen molar-refractivity contribution < 1.29 is 28.8 Å². The Morgan fingerprint density at radius 3 is 2.40 bits per heavy atom. The standard InChI is InChI=1S/C47H55N9O6/c57-42(19-14-36-12-9-23-48-33-36)49-24-7-6-10-34-21-26-55(27-22-34)47(62)39-16-18-41(52-51-39)54-30-28-53(29-31-54)25-8-4-2-1-3-5-11-35-13-15-37-38(32-35)46(61)56(45(37)60)40-17-20-43(58)50-44(40)59/h9,12-16,18-19,23,32-34,40H,1-4,6-8,10,17,20-22,24-31H2,(H,49,57)(H,50,58,59)/b19-14+.